The third-order valence-corrected chi connectivity index (χ3v) is 5.21. The van der Waals surface area contributed by atoms with Gasteiger partial charge in [0.15, 0.2) is 0 Å². The van der Waals surface area contributed by atoms with Crippen molar-refractivity contribution in [2.45, 2.75) is 6.42 Å². The first-order chi connectivity index (χ1) is 7.13. The van der Waals surface area contributed by atoms with Gasteiger partial charge in [-0.3, -0.25) is 0 Å². The molecule has 15 heavy (non-hydrogen) atoms. The van der Waals surface area contributed by atoms with Crippen LogP contribution in [0.15, 0.2) is 27.0 Å². The zero-order chi connectivity index (χ0) is 10.9. The molecule has 2 rings (SSSR count). The minimum absolute atomic E-state index is 0.666. The van der Waals surface area contributed by atoms with Crippen molar-refractivity contribution >= 4 is 31.3 Å². The van der Waals surface area contributed by atoms with Crippen LogP contribution in [-0.2, 0) is 9.73 Å². The lowest BCUT2D eigenvalue weighted by molar-refractivity contribution is 0.416. The summed E-state index contributed by atoms with van der Waals surface area (Å²) in [7, 11) is -0.366. The van der Waals surface area contributed by atoms with Crippen molar-refractivity contribution in [2.24, 2.45) is 4.36 Å². The maximum atomic E-state index is 11.9. The first-order valence-electron chi connectivity index (χ1n) is 4.69. The molecule has 0 amide bonds. The van der Waals surface area contributed by atoms with E-state index in [4.69, 9.17) is 4.74 Å². The molecule has 0 unspecified atom stereocenters. The van der Waals surface area contributed by atoms with Crippen LogP contribution in [0.5, 0.6) is 5.75 Å². The van der Waals surface area contributed by atoms with Crippen LogP contribution >= 0.6 is 15.9 Å². The van der Waals surface area contributed by atoms with Crippen LogP contribution in [0, 0.1) is 0 Å². The average molecular weight is 290 g/mol. The molecule has 1 saturated heterocycles. The van der Waals surface area contributed by atoms with E-state index in [1.165, 1.54) is 0 Å². The molecule has 0 aliphatic carbocycles. The molecule has 0 spiro atoms. The fourth-order valence-corrected chi connectivity index (χ4v) is 3.20. The van der Waals surface area contributed by atoms with E-state index < -0.39 is 9.73 Å². The lowest BCUT2D eigenvalue weighted by Crippen LogP contribution is -2.22. The zero-order valence-corrected chi connectivity index (χ0v) is 10.8. The summed E-state index contributed by atoms with van der Waals surface area (Å²) >= 11 is 3.35. The number of nitrogens with zero attached hydrogens (tertiary/aromatic N) is 1. The normalized spacial score (nSPS) is 18.0. The Hall–Kier alpha value is -0.550. The lowest BCUT2D eigenvalue weighted by Gasteiger charge is -2.18. The third-order valence-electron chi connectivity index (χ3n) is 2.33. The van der Waals surface area contributed by atoms with Gasteiger partial charge in [-0.05, 0) is 24.6 Å². The number of rotatable bonds is 2. The van der Waals surface area contributed by atoms with E-state index >= 15 is 0 Å². The van der Waals surface area contributed by atoms with Crippen LogP contribution < -0.4 is 4.74 Å². The van der Waals surface area contributed by atoms with Gasteiger partial charge >= 0.3 is 0 Å². The summed E-state index contributed by atoms with van der Waals surface area (Å²) in [6.07, 6.45) is 1.02. The molecule has 0 atom stereocenters. The Bertz CT molecular complexity index is 482. The number of benzene rings is 1. The highest BCUT2D eigenvalue weighted by Crippen LogP contribution is 2.33. The van der Waals surface area contributed by atoms with Gasteiger partial charge in [-0.2, -0.15) is 4.36 Å². The third kappa shape index (κ3) is 2.34. The highest BCUT2D eigenvalue weighted by atomic mass is 79.9. The first-order valence-corrected chi connectivity index (χ1v) is 7.34. The molecular weight excluding hydrogens is 278 g/mol. The van der Waals surface area contributed by atoms with Crippen molar-refractivity contribution in [2.75, 3.05) is 18.6 Å². The second-order valence-electron chi connectivity index (χ2n) is 3.44. The smallest absolute Gasteiger partial charge is 0.146 e. The van der Waals surface area contributed by atoms with Gasteiger partial charge in [0.05, 0.1) is 16.8 Å². The fraction of sp³-hybridized carbons (Fsp3) is 0.400. The average Bonchev–Trinajstić information content (AvgIpc) is 2.18. The number of ether oxygens (including phenoxy) is 1. The van der Waals surface area contributed by atoms with Crippen LogP contribution in [0.25, 0.3) is 0 Å². The van der Waals surface area contributed by atoms with Gasteiger partial charge in [0, 0.05) is 16.0 Å². The molecule has 1 aliphatic heterocycles. The summed E-state index contributed by atoms with van der Waals surface area (Å²) in [6, 6.07) is 5.54. The van der Waals surface area contributed by atoms with E-state index in [9.17, 15) is 4.21 Å². The molecule has 0 radical (unpaired) electrons. The van der Waals surface area contributed by atoms with E-state index in [-0.39, 0.29) is 0 Å². The van der Waals surface area contributed by atoms with Gasteiger partial charge in [0.2, 0.25) is 0 Å². The number of halogens is 1. The van der Waals surface area contributed by atoms with E-state index in [2.05, 4.69) is 20.3 Å². The second kappa shape index (κ2) is 4.14. The van der Waals surface area contributed by atoms with Crippen LogP contribution in [0.1, 0.15) is 6.42 Å². The predicted molar refractivity (Wildman–Crippen MR) is 65.3 cm³/mol. The topological polar surface area (TPSA) is 38.7 Å². The Kier molecular flexibility index (Phi) is 3.02. The molecule has 1 aromatic rings. The molecule has 3 nitrogen and oxygen atoms in total. The second-order valence-corrected chi connectivity index (χ2v) is 6.90. The van der Waals surface area contributed by atoms with Crippen molar-refractivity contribution in [1.82, 2.24) is 0 Å². The molecular formula is C10H12BrNO2S. The minimum Gasteiger partial charge on any atom is -0.494 e. The van der Waals surface area contributed by atoms with Crippen molar-refractivity contribution in [3.05, 3.63) is 22.7 Å². The molecule has 1 heterocycles. The summed E-state index contributed by atoms with van der Waals surface area (Å²) in [6.45, 7) is 0. The summed E-state index contributed by atoms with van der Waals surface area (Å²) < 4.78 is 22.3. The Morgan fingerprint density at radius 2 is 2.20 bits per heavy atom. The maximum absolute atomic E-state index is 11.9. The van der Waals surface area contributed by atoms with Crippen molar-refractivity contribution in [1.29, 1.82) is 0 Å². The predicted octanol–water partition coefficient (Wildman–Crippen LogP) is 2.96. The number of hydrogen-bond donors (Lipinski definition) is 0. The van der Waals surface area contributed by atoms with E-state index in [1.807, 2.05) is 18.2 Å². The number of methoxy groups -OCH3 is 1. The summed E-state index contributed by atoms with van der Waals surface area (Å²) in [5.74, 6) is 2.09. The van der Waals surface area contributed by atoms with E-state index in [0.29, 0.717) is 22.9 Å². The van der Waals surface area contributed by atoms with Crippen molar-refractivity contribution in [3.63, 3.8) is 0 Å². The first kappa shape index (κ1) is 11.0. The monoisotopic (exact) mass is 289 g/mol. The van der Waals surface area contributed by atoms with Gasteiger partial charge in [0.25, 0.3) is 0 Å². The summed E-state index contributed by atoms with van der Waals surface area (Å²) in [4.78, 5) is 0. The molecule has 82 valence electrons. The standard InChI is InChI=1S/C10H12BrNO2S/c1-14-10-7-8(11)3-4-9(10)12-15(13)5-2-6-15/h3-4,7H,2,5-6H2,1H3. The van der Waals surface area contributed by atoms with Gasteiger partial charge < -0.3 is 4.74 Å². The molecule has 1 aliphatic rings. The Morgan fingerprint density at radius 1 is 1.47 bits per heavy atom. The Labute approximate surface area is 98.1 Å². The molecule has 5 heteroatoms. The SMILES string of the molecule is COc1cc(Br)ccc1N=S1(=O)CCC1. The van der Waals surface area contributed by atoms with Gasteiger partial charge in [-0.15, -0.1) is 0 Å². The largest absolute Gasteiger partial charge is 0.494 e. The molecule has 0 bridgehead atoms. The van der Waals surface area contributed by atoms with Crippen LogP contribution in [0.3, 0.4) is 0 Å². The minimum atomic E-state index is -1.96. The van der Waals surface area contributed by atoms with Gasteiger partial charge in [-0.25, -0.2) is 4.21 Å². The Morgan fingerprint density at radius 3 is 2.73 bits per heavy atom. The highest BCUT2D eigenvalue weighted by molar-refractivity contribution is 9.10. The molecule has 1 aromatic carbocycles. The lowest BCUT2D eigenvalue weighted by atomic mass is 10.3. The Balaban J connectivity index is 2.44. The van der Waals surface area contributed by atoms with Crippen molar-refractivity contribution < 1.29 is 8.95 Å². The summed E-state index contributed by atoms with van der Waals surface area (Å²) in [5, 5.41) is 0. The van der Waals surface area contributed by atoms with Crippen LogP contribution in [0.4, 0.5) is 5.69 Å². The molecule has 0 N–H and O–H groups in total. The maximum Gasteiger partial charge on any atom is 0.146 e. The van der Waals surface area contributed by atoms with Gasteiger partial charge in [-0.1, -0.05) is 15.9 Å². The van der Waals surface area contributed by atoms with Crippen LogP contribution in [0.2, 0.25) is 0 Å². The summed E-state index contributed by atoms with van der Waals surface area (Å²) in [5.41, 5.74) is 0.686. The quantitative estimate of drug-likeness (QED) is 0.840. The van der Waals surface area contributed by atoms with Crippen LogP contribution in [-0.4, -0.2) is 22.8 Å². The van der Waals surface area contributed by atoms with Gasteiger partial charge in [0.1, 0.15) is 11.4 Å². The highest BCUT2D eigenvalue weighted by Gasteiger charge is 2.20. The van der Waals surface area contributed by atoms with E-state index in [1.54, 1.807) is 7.11 Å². The molecule has 0 saturated carbocycles. The zero-order valence-electron chi connectivity index (χ0n) is 8.40. The fourth-order valence-electron chi connectivity index (χ4n) is 1.39. The van der Waals surface area contributed by atoms with Crippen molar-refractivity contribution in [3.8, 4) is 5.75 Å². The van der Waals surface area contributed by atoms with E-state index in [0.717, 1.165) is 10.9 Å². The number of hydrogen-bond acceptors (Lipinski definition) is 3. The molecule has 1 fully saturated rings. The molecule has 0 aromatic heterocycles.